The van der Waals surface area contributed by atoms with Crippen LogP contribution in [0.1, 0.15) is 53.0 Å². The minimum atomic E-state index is -2.02. The Bertz CT molecular complexity index is 777. The van der Waals surface area contributed by atoms with E-state index in [2.05, 4.69) is 70.2 Å². The second-order valence-corrected chi connectivity index (χ2v) is 16.2. The van der Waals surface area contributed by atoms with Gasteiger partial charge in [-0.25, -0.2) is 0 Å². The van der Waals surface area contributed by atoms with Crippen LogP contribution >= 0.6 is 15.9 Å². The lowest BCUT2D eigenvalue weighted by Gasteiger charge is -2.41. The van der Waals surface area contributed by atoms with Crippen molar-refractivity contribution in [2.24, 2.45) is 17.3 Å². The Balaban J connectivity index is 2.45. The summed E-state index contributed by atoms with van der Waals surface area (Å²) in [6.07, 6.45) is 4.18. The summed E-state index contributed by atoms with van der Waals surface area (Å²) in [6, 6.07) is 4.05. The smallest absolute Gasteiger partial charge is 0.250 e. The van der Waals surface area contributed by atoms with Crippen LogP contribution in [0.4, 0.5) is 0 Å². The molecule has 0 N–H and O–H groups in total. The van der Waals surface area contributed by atoms with Crippen LogP contribution in [-0.2, 0) is 11.2 Å². The molecule has 162 valence electrons. The lowest BCUT2D eigenvalue weighted by Crippen LogP contribution is -2.44. The molecule has 0 saturated heterocycles. The number of hydrogen-bond acceptors (Lipinski definition) is 3. The van der Waals surface area contributed by atoms with Gasteiger partial charge in [0.2, 0.25) is 8.32 Å². The van der Waals surface area contributed by atoms with Crippen LogP contribution in [0, 0.1) is 17.3 Å². The molecule has 0 amide bonds. The van der Waals surface area contributed by atoms with E-state index in [1.807, 2.05) is 18.2 Å². The van der Waals surface area contributed by atoms with Gasteiger partial charge < -0.3 is 9.16 Å². The fraction of sp³-hybridized carbons (Fsp3) is 0.625. The zero-order valence-corrected chi connectivity index (χ0v) is 21.9. The highest BCUT2D eigenvalue weighted by molar-refractivity contribution is 9.10. The SMILES string of the molecule is C=CC1CC(=O)C(Cc2cc(OC)c(Br)cc2O[Si](C)(C)C(C)(C)C)C(C)(C)C1. The molecule has 3 nitrogen and oxygen atoms in total. The molecule has 2 rings (SSSR count). The summed E-state index contributed by atoms with van der Waals surface area (Å²) in [7, 11) is -0.353. The molecule has 0 heterocycles. The van der Waals surface area contributed by atoms with Crippen LogP contribution < -0.4 is 9.16 Å². The second kappa shape index (κ2) is 8.58. The first-order valence-electron chi connectivity index (χ1n) is 10.4. The number of Topliss-reactive ketones (excluding diaryl/α,β-unsaturated/α-hetero) is 1. The van der Waals surface area contributed by atoms with Crippen LogP contribution in [0.3, 0.4) is 0 Å². The van der Waals surface area contributed by atoms with E-state index in [-0.39, 0.29) is 22.3 Å². The third kappa shape index (κ3) is 5.35. The lowest BCUT2D eigenvalue weighted by molar-refractivity contribution is -0.130. The highest BCUT2D eigenvalue weighted by Crippen LogP contribution is 2.46. The predicted octanol–water partition coefficient (Wildman–Crippen LogP) is 7.19. The molecule has 1 saturated carbocycles. The van der Waals surface area contributed by atoms with Crippen LogP contribution in [0.15, 0.2) is 29.3 Å². The molecule has 5 heteroatoms. The minimum Gasteiger partial charge on any atom is -0.543 e. The molecule has 0 aliphatic heterocycles. The number of halogens is 1. The van der Waals surface area contributed by atoms with Crippen LogP contribution in [0.2, 0.25) is 18.1 Å². The van der Waals surface area contributed by atoms with E-state index in [1.165, 1.54) is 0 Å². The highest BCUT2D eigenvalue weighted by atomic mass is 79.9. The molecule has 1 fully saturated rings. The van der Waals surface area contributed by atoms with Gasteiger partial charge in [0.05, 0.1) is 11.6 Å². The lowest BCUT2D eigenvalue weighted by atomic mass is 9.63. The van der Waals surface area contributed by atoms with E-state index < -0.39 is 8.32 Å². The Morgan fingerprint density at radius 1 is 1.28 bits per heavy atom. The molecule has 2 atom stereocenters. The first kappa shape index (κ1) is 24.2. The fourth-order valence-electron chi connectivity index (χ4n) is 3.92. The molecule has 0 spiro atoms. The van der Waals surface area contributed by atoms with E-state index in [0.717, 1.165) is 28.0 Å². The number of ether oxygens (including phenoxy) is 1. The Labute approximate surface area is 186 Å². The van der Waals surface area contributed by atoms with Crippen LogP contribution in [0.25, 0.3) is 0 Å². The summed E-state index contributed by atoms with van der Waals surface area (Å²) in [5, 5.41) is 0.0911. The molecule has 0 radical (unpaired) electrons. The Kier molecular flexibility index (Phi) is 7.16. The van der Waals surface area contributed by atoms with Gasteiger partial charge in [0.15, 0.2) is 0 Å². The normalized spacial score (nSPS) is 22.3. The topological polar surface area (TPSA) is 35.5 Å². The Morgan fingerprint density at radius 3 is 2.38 bits per heavy atom. The van der Waals surface area contributed by atoms with Gasteiger partial charge in [-0.3, -0.25) is 4.79 Å². The first-order valence-corrected chi connectivity index (χ1v) is 14.1. The van der Waals surface area contributed by atoms with Crippen LogP contribution in [0.5, 0.6) is 11.5 Å². The highest BCUT2D eigenvalue weighted by Gasteiger charge is 2.43. The average Bonchev–Trinajstić information content (AvgIpc) is 2.57. The number of benzene rings is 1. The predicted molar refractivity (Wildman–Crippen MR) is 127 cm³/mol. The third-order valence-electron chi connectivity index (χ3n) is 6.85. The minimum absolute atomic E-state index is 0.0358. The molecule has 2 unspecified atom stereocenters. The molecule has 1 aromatic rings. The van der Waals surface area contributed by atoms with Crippen molar-refractivity contribution in [2.75, 3.05) is 7.11 Å². The number of methoxy groups -OCH3 is 1. The average molecular weight is 482 g/mol. The number of ketones is 1. The number of carbonyl (C=O) groups is 1. The first-order chi connectivity index (χ1) is 13.2. The number of allylic oxidation sites excluding steroid dienone is 1. The summed E-state index contributed by atoms with van der Waals surface area (Å²) in [5.41, 5.74) is 0.973. The summed E-state index contributed by atoms with van der Waals surface area (Å²) >= 11 is 3.61. The largest absolute Gasteiger partial charge is 0.543 e. The summed E-state index contributed by atoms with van der Waals surface area (Å²) in [5.74, 6) is 2.21. The van der Waals surface area contributed by atoms with Crippen molar-refractivity contribution >= 4 is 30.0 Å². The van der Waals surface area contributed by atoms with Gasteiger partial charge in [-0.15, -0.1) is 6.58 Å². The monoisotopic (exact) mass is 480 g/mol. The van der Waals surface area contributed by atoms with Gasteiger partial charge in [-0.05, 0) is 75.9 Å². The van der Waals surface area contributed by atoms with Crippen molar-refractivity contribution in [3.8, 4) is 11.5 Å². The van der Waals surface area contributed by atoms with Crippen molar-refractivity contribution in [3.63, 3.8) is 0 Å². The summed E-state index contributed by atoms with van der Waals surface area (Å²) < 4.78 is 13.1. The molecule has 1 aromatic carbocycles. The van der Waals surface area contributed by atoms with E-state index in [9.17, 15) is 4.79 Å². The quantitative estimate of drug-likeness (QED) is 0.319. The molecular weight excluding hydrogens is 444 g/mol. The van der Waals surface area contributed by atoms with Crippen molar-refractivity contribution in [1.82, 2.24) is 0 Å². The second-order valence-electron chi connectivity index (χ2n) is 10.6. The zero-order chi connectivity index (χ0) is 22.2. The fourth-order valence-corrected chi connectivity index (χ4v) is 5.45. The maximum absolute atomic E-state index is 13.0. The molecule has 1 aliphatic carbocycles. The van der Waals surface area contributed by atoms with Crippen molar-refractivity contribution in [1.29, 1.82) is 0 Å². The summed E-state index contributed by atoms with van der Waals surface area (Å²) in [4.78, 5) is 13.0. The van der Waals surface area contributed by atoms with E-state index in [0.29, 0.717) is 18.6 Å². The molecule has 0 aromatic heterocycles. The molecule has 1 aliphatic rings. The third-order valence-corrected chi connectivity index (χ3v) is 11.8. The number of hydrogen-bond donors (Lipinski definition) is 0. The zero-order valence-electron chi connectivity index (χ0n) is 19.3. The van der Waals surface area contributed by atoms with Crippen molar-refractivity contribution in [2.45, 2.75) is 72.0 Å². The van der Waals surface area contributed by atoms with E-state index >= 15 is 0 Å². The van der Waals surface area contributed by atoms with E-state index in [4.69, 9.17) is 9.16 Å². The standard InChI is InChI=1S/C24H37BrO3Si/c1-10-16-11-20(26)18(24(5,6)15-16)12-17-13-22(27-7)19(25)14-21(17)28-29(8,9)23(2,3)4/h10,13-14,16,18H,1,11-12,15H2,2-9H3. The van der Waals surface area contributed by atoms with Gasteiger partial charge in [0.25, 0.3) is 0 Å². The Hall–Kier alpha value is -1.07. The maximum Gasteiger partial charge on any atom is 0.250 e. The van der Waals surface area contributed by atoms with Gasteiger partial charge in [-0.1, -0.05) is 40.7 Å². The van der Waals surface area contributed by atoms with Gasteiger partial charge in [0, 0.05) is 12.3 Å². The molecule has 29 heavy (non-hydrogen) atoms. The van der Waals surface area contributed by atoms with Gasteiger partial charge >= 0.3 is 0 Å². The Morgan fingerprint density at radius 2 is 1.90 bits per heavy atom. The molecular formula is C24H37BrO3Si. The van der Waals surface area contributed by atoms with Gasteiger partial charge in [0.1, 0.15) is 17.3 Å². The summed E-state index contributed by atoms with van der Waals surface area (Å²) in [6.45, 7) is 19.5. The maximum atomic E-state index is 13.0. The van der Waals surface area contributed by atoms with Crippen LogP contribution in [-0.4, -0.2) is 21.2 Å². The van der Waals surface area contributed by atoms with Crippen molar-refractivity contribution in [3.05, 3.63) is 34.8 Å². The van der Waals surface area contributed by atoms with E-state index in [1.54, 1.807) is 7.11 Å². The number of rotatable bonds is 6. The molecule has 0 bridgehead atoms. The number of carbonyl (C=O) groups excluding carboxylic acids is 1. The van der Waals surface area contributed by atoms with Crippen molar-refractivity contribution < 1.29 is 14.0 Å². The van der Waals surface area contributed by atoms with Gasteiger partial charge in [-0.2, -0.15) is 0 Å².